The van der Waals surface area contributed by atoms with E-state index in [-0.39, 0.29) is 5.91 Å². The minimum absolute atomic E-state index is 0.0364. The Hall–Kier alpha value is -2.18. The largest absolute Gasteiger partial charge is 0.444 e. The molecular weight excluding hydrogens is 282 g/mol. The minimum atomic E-state index is -0.526. The fraction of sp³-hybridized carbons (Fsp3) is 0.375. The highest BCUT2D eigenvalue weighted by Crippen LogP contribution is 2.31. The fourth-order valence-electron chi connectivity index (χ4n) is 2.63. The molecule has 1 amide bonds. The maximum absolute atomic E-state index is 12.6. The first-order chi connectivity index (χ1) is 10.7. The molecule has 0 bridgehead atoms. The first kappa shape index (κ1) is 14.7. The van der Waals surface area contributed by atoms with Crippen molar-refractivity contribution >= 4 is 11.6 Å². The van der Waals surface area contributed by atoms with Crippen LogP contribution < -0.4 is 11.1 Å². The third-order valence-electron chi connectivity index (χ3n) is 4.18. The number of hydrogen-bond donors (Lipinski definition) is 2. The van der Waals surface area contributed by atoms with Crippen LogP contribution in [0.25, 0.3) is 11.3 Å². The van der Waals surface area contributed by atoms with Gasteiger partial charge < -0.3 is 20.2 Å². The molecule has 6 nitrogen and oxygen atoms in total. The molecule has 1 fully saturated rings. The van der Waals surface area contributed by atoms with Crippen molar-refractivity contribution in [3.63, 3.8) is 0 Å². The molecule has 1 saturated heterocycles. The predicted octanol–water partition coefficient (Wildman–Crippen LogP) is 2.04. The van der Waals surface area contributed by atoms with Crippen molar-refractivity contribution in [2.45, 2.75) is 12.8 Å². The van der Waals surface area contributed by atoms with Crippen LogP contribution in [0.3, 0.4) is 0 Å². The molecule has 1 aliphatic rings. The Labute approximate surface area is 128 Å². The van der Waals surface area contributed by atoms with Gasteiger partial charge in [0, 0.05) is 31.0 Å². The molecule has 1 aliphatic heterocycles. The number of amides is 1. The summed E-state index contributed by atoms with van der Waals surface area (Å²) in [6.07, 6.45) is 4.36. The van der Waals surface area contributed by atoms with E-state index in [1.54, 1.807) is 6.20 Å². The number of nitrogens with zero attached hydrogens (tertiary/aromatic N) is 1. The molecule has 3 N–H and O–H groups in total. The van der Waals surface area contributed by atoms with Crippen molar-refractivity contribution in [2.75, 3.05) is 25.1 Å². The number of nitrogens with one attached hydrogen (secondary N) is 1. The van der Waals surface area contributed by atoms with Gasteiger partial charge in [-0.3, -0.25) is 4.79 Å². The van der Waals surface area contributed by atoms with E-state index in [4.69, 9.17) is 14.9 Å². The third kappa shape index (κ3) is 2.88. The number of aromatic nitrogens is 1. The van der Waals surface area contributed by atoms with Crippen LogP contribution in [0.1, 0.15) is 12.8 Å². The van der Waals surface area contributed by atoms with Gasteiger partial charge in [-0.2, -0.15) is 0 Å². The Morgan fingerprint density at radius 2 is 2.00 bits per heavy atom. The van der Waals surface area contributed by atoms with Crippen molar-refractivity contribution < 1.29 is 13.9 Å². The highest BCUT2D eigenvalue weighted by molar-refractivity contribution is 5.95. The van der Waals surface area contributed by atoms with Crippen molar-refractivity contribution in [2.24, 2.45) is 11.1 Å². The predicted molar refractivity (Wildman–Crippen MR) is 82.1 cm³/mol. The third-order valence-corrected chi connectivity index (χ3v) is 4.18. The zero-order chi connectivity index (χ0) is 15.4. The van der Waals surface area contributed by atoms with E-state index < -0.39 is 5.41 Å². The minimum Gasteiger partial charge on any atom is -0.444 e. The van der Waals surface area contributed by atoms with Gasteiger partial charge in [0.15, 0.2) is 12.2 Å². The van der Waals surface area contributed by atoms with E-state index >= 15 is 0 Å². The molecule has 22 heavy (non-hydrogen) atoms. The van der Waals surface area contributed by atoms with E-state index in [2.05, 4.69) is 10.3 Å². The van der Waals surface area contributed by atoms with Crippen LogP contribution in [0.15, 0.2) is 41.3 Å². The molecule has 0 atom stereocenters. The summed E-state index contributed by atoms with van der Waals surface area (Å²) in [6, 6.07) is 7.46. The average molecular weight is 301 g/mol. The normalized spacial score (nSPS) is 17.1. The number of carbonyl (C=O) groups is 1. The van der Waals surface area contributed by atoms with Gasteiger partial charge in [0.05, 0.1) is 11.6 Å². The Morgan fingerprint density at radius 3 is 2.59 bits per heavy atom. The lowest BCUT2D eigenvalue weighted by atomic mass is 9.79. The lowest BCUT2D eigenvalue weighted by Crippen LogP contribution is -2.46. The van der Waals surface area contributed by atoms with Crippen LogP contribution in [-0.2, 0) is 9.53 Å². The van der Waals surface area contributed by atoms with Crippen molar-refractivity contribution in [1.29, 1.82) is 0 Å². The molecule has 6 heteroatoms. The standard InChI is InChI=1S/C16H19N3O3/c17-10-16(5-7-21-8-6-16)15(20)19-13-3-1-12(2-4-13)14-9-18-11-22-14/h1-4,9,11H,5-8,10,17H2,(H,19,20). The molecular formula is C16H19N3O3. The number of oxazole rings is 1. The number of rotatable bonds is 4. The number of nitrogens with two attached hydrogens (primary N) is 1. The lowest BCUT2D eigenvalue weighted by molar-refractivity contribution is -0.130. The van der Waals surface area contributed by atoms with Gasteiger partial charge in [-0.1, -0.05) is 0 Å². The van der Waals surface area contributed by atoms with Crippen molar-refractivity contribution in [3.8, 4) is 11.3 Å². The zero-order valence-electron chi connectivity index (χ0n) is 12.2. The molecule has 1 aromatic heterocycles. The smallest absolute Gasteiger partial charge is 0.232 e. The molecule has 2 aromatic rings. The van der Waals surface area contributed by atoms with E-state index in [1.807, 2.05) is 24.3 Å². The molecule has 0 unspecified atom stereocenters. The lowest BCUT2D eigenvalue weighted by Gasteiger charge is -2.34. The van der Waals surface area contributed by atoms with Gasteiger partial charge in [-0.25, -0.2) is 4.98 Å². The zero-order valence-corrected chi connectivity index (χ0v) is 12.2. The molecule has 116 valence electrons. The number of benzene rings is 1. The molecule has 3 rings (SSSR count). The topological polar surface area (TPSA) is 90.4 Å². The van der Waals surface area contributed by atoms with Crippen LogP contribution in [-0.4, -0.2) is 30.6 Å². The maximum atomic E-state index is 12.6. The monoisotopic (exact) mass is 301 g/mol. The summed E-state index contributed by atoms with van der Waals surface area (Å²) in [6.45, 7) is 1.49. The van der Waals surface area contributed by atoms with Gasteiger partial charge in [-0.15, -0.1) is 0 Å². The van der Waals surface area contributed by atoms with E-state index in [1.165, 1.54) is 6.39 Å². The molecule has 0 aliphatic carbocycles. The van der Waals surface area contributed by atoms with Crippen LogP contribution in [0.4, 0.5) is 5.69 Å². The Bertz CT molecular complexity index is 617. The summed E-state index contributed by atoms with van der Waals surface area (Å²) in [5.74, 6) is 0.659. The SMILES string of the molecule is NCC1(C(=O)Nc2ccc(-c3cnco3)cc2)CCOCC1. The van der Waals surface area contributed by atoms with Gasteiger partial charge in [0.25, 0.3) is 0 Å². The van der Waals surface area contributed by atoms with E-state index in [0.717, 1.165) is 11.3 Å². The first-order valence-corrected chi connectivity index (χ1v) is 7.32. The van der Waals surface area contributed by atoms with Crippen LogP contribution in [0.5, 0.6) is 0 Å². The van der Waals surface area contributed by atoms with Gasteiger partial charge in [-0.05, 0) is 37.1 Å². The molecule has 0 saturated carbocycles. The maximum Gasteiger partial charge on any atom is 0.232 e. The first-order valence-electron chi connectivity index (χ1n) is 7.32. The second-order valence-corrected chi connectivity index (χ2v) is 5.49. The highest BCUT2D eigenvalue weighted by Gasteiger charge is 2.38. The average Bonchev–Trinajstić information content (AvgIpc) is 3.10. The van der Waals surface area contributed by atoms with Crippen molar-refractivity contribution in [3.05, 3.63) is 36.9 Å². The quantitative estimate of drug-likeness (QED) is 0.901. The Kier molecular flexibility index (Phi) is 4.22. The highest BCUT2D eigenvalue weighted by atomic mass is 16.5. The summed E-state index contributed by atoms with van der Waals surface area (Å²) < 4.78 is 10.6. The number of hydrogen-bond acceptors (Lipinski definition) is 5. The summed E-state index contributed by atoms with van der Waals surface area (Å²) in [5, 5.41) is 2.96. The molecule has 2 heterocycles. The number of carbonyl (C=O) groups excluding carboxylic acids is 1. The Morgan fingerprint density at radius 1 is 1.27 bits per heavy atom. The van der Waals surface area contributed by atoms with Crippen molar-refractivity contribution in [1.82, 2.24) is 4.98 Å². The fourth-order valence-corrected chi connectivity index (χ4v) is 2.63. The van der Waals surface area contributed by atoms with E-state index in [0.29, 0.717) is 38.4 Å². The van der Waals surface area contributed by atoms with Gasteiger partial charge in [0.1, 0.15) is 0 Å². The van der Waals surface area contributed by atoms with Crippen LogP contribution in [0, 0.1) is 5.41 Å². The molecule has 0 spiro atoms. The van der Waals surface area contributed by atoms with Gasteiger partial charge >= 0.3 is 0 Å². The summed E-state index contributed by atoms with van der Waals surface area (Å²) >= 11 is 0. The van der Waals surface area contributed by atoms with E-state index in [9.17, 15) is 4.79 Å². The van der Waals surface area contributed by atoms with Crippen LogP contribution >= 0.6 is 0 Å². The second kappa shape index (κ2) is 6.29. The Balaban J connectivity index is 1.71. The van der Waals surface area contributed by atoms with Gasteiger partial charge in [0.2, 0.25) is 5.91 Å². The van der Waals surface area contributed by atoms with Crippen LogP contribution in [0.2, 0.25) is 0 Å². The summed E-state index contributed by atoms with van der Waals surface area (Å²) in [4.78, 5) is 16.4. The molecule has 0 radical (unpaired) electrons. The second-order valence-electron chi connectivity index (χ2n) is 5.49. The number of anilines is 1. The summed E-state index contributed by atoms with van der Waals surface area (Å²) in [7, 11) is 0. The summed E-state index contributed by atoms with van der Waals surface area (Å²) in [5.41, 5.74) is 6.97. The number of ether oxygens (including phenoxy) is 1. The molecule has 1 aromatic carbocycles.